The van der Waals surface area contributed by atoms with Crippen molar-refractivity contribution in [3.8, 4) is 0 Å². The number of hydrogen-bond donors (Lipinski definition) is 1. The minimum absolute atomic E-state index is 0.287. The summed E-state index contributed by atoms with van der Waals surface area (Å²) < 4.78 is 27.5. The lowest BCUT2D eigenvalue weighted by Gasteiger charge is -2.34. The first-order valence-corrected chi connectivity index (χ1v) is 11.3. The molecule has 7 heteroatoms. The minimum atomic E-state index is -3.50. The van der Waals surface area contributed by atoms with Crippen LogP contribution in [0.5, 0.6) is 0 Å². The number of nitrogens with zero attached hydrogens (tertiary/aromatic N) is 2. The van der Waals surface area contributed by atoms with Gasteiger partial charge in [-0.15, -0.1) is 11.8 Å². The van der Waals surface area contributed by atoms with Crippen molar-refractivity contribution in [3.63, 3.8) is 0 Å². The van der Waals surface area contributed by atoms with Gasteiger partial charge in [-0.3, -0.25) is 0 Å². The first kappa shape index (κ1) is 19.2. The van der Waals surface area contributed by atoms with Crippen LogP contribution < -0.4 is 9.62 Å². The lowest BCUT2D eigenvalue weighted by atomic mass is 10.2. The van der Waals surface area contributed by atoms with Gasteiger partial charge in [0.2, 0.25) is 10.0 Å². The largest absolute Gasteiger partial charge is 0.369 e. The van der Waals surface area contributed by atoms with Gasteiger partial charge in [0.15, 0.2) is 0 Å². The third-order valence-corrected chi connectivity index (χ3v) is 6.80. The lowest BCUT2D eigenvalue weighted by Crippen LogP contribution is -2.44. The second kappa shape index (κ2) is 8.43. The van der Waals surface area contributed by atoms with Gasteiger partial charge < -0.3 is 9.80 Å². The van der Waals surface area contributed by atoms with Crippen molar-refractivity contribution in [3.05, 3.63) is 54.1 Å². The Hall–Kier alpha value is -1.54. The van der Waals surface area contributed by atoms with E-state index in [2.05, 4.69) is 33.7 Å². The van der Waals surface area contributed by atoms with Crippen LogP contribution in [0.1, 0.15) is 5.56 Å². The SMILES string of the molecule is CSc1ccc(S(=O)(=O)NCc2ccc(N3CCN(C)CC3)cc2)cc1. The van der Waals surface area contributed by atoms with Crippen LogP contribution in [0.15, 0.2) is 58.3 Å². The number of thioether (sulfide) groups is 1. The molecule has 2 aromatic rings. The van der Waals surface area contributed by atoms with Crippen molar-refractivity contribution in [2.24, 2.45) is 0 Å². The molecule has 0 unspecified atom stereocenters. The number of benzene rings is 2. The number of anilines is 1. The normalized spacial score (nSPS) is 16.0. The topological polar surface area (TPSA) is 52.7 Å². The summed E-state index contributed by atoms with van der Waals surface area (Å²) in [4.78, 5) is 6.03. The summed E-state index contributed by atoms with van der Waals surface area (Å²) in [7, 11) is -1.36. The Morgan fingerprint density at radius 1 is 0.962 bits per heavy atom. The molecule has 1 saturated heterocycles. The Morgan fingerprint density at radius 3 is 2.15 bits per heavy atom. The summed E-state index contributed by atoms with van der Waals surface area (Å²) in [6, 6.07) is 15.1. The fourth-order valence-corrected chi connectivity index (χ4v) is 4.33. The van der Waals surface area contributed by atoms with Gasteiger partial charge >= 0.3 is 0 Å². The van der Waals surface area contributed by atoms with Crippen LogP contribution in [0.2, 0.25) is 0 Å². The van der Waals surface area contributed by atoms with Crippen LogP contribution in [0.4, 0.5) is 5.69 Å². The van der Waals surface area contributed by atoms with E-state index in [0.29, 0.717) is 4.90 Å². The van der Waals surface area contributed by atoms with Crippen molar-refractivity contribution < 1.29 is 8.42 Å². The zero-order valence-corrected chi connectivity index (χ0v) is 16.8. The van der Waals surface area contributed by atoms with Gasteiger partial charge in [-0.1, -0.05) is 12.1 Å². The molecule has 0 atom stereocenters. The summed E-state index contributed by atoms with van der Waals surface area (Å²) in [5.41, 5.74) is 2.14. The molecule has 3 rings (SSSR count). The van der Waals surface area contributed by atoms with Crippen molar-refractivity contribution in [2.45, 2.75) is 16.3 Å². The molecule has 26 heavy (non-hydrogen) atoms. The van der Waals surface area contributed by atoms with E-state index in [9.17, 15) is 8.42 Å². The Kier molecular flexibility index (Phi) is 6.24. The first-order valence-electron chi connectivity index (χ1n) is 8.64. The molecule has 0 saturated carbocycles. The molecule has 0 bridgehead atoms. The van der Waals surface area contributed by atoms with E-state index in [4.69, 9.17) is 0 Å². The van der Waals surface area contributed by atoms with Crippen LogP contribution >= 0.6 is 11.8 Å². The van der Waals surface area contributed by atoms with Crippen LogP contribution in [0, 0.1) is 0 Å². The average molecular weight is 392 g/mol. The third-order valence-electron chi connectivity index (χ3n) is 4.64. The molecule has 5 nitrogen and oxygen atoms in total. The van der Waals surface area contributed by atoms with Crippen molar-refractivity contribution in [1.29, 1.82) is 0 Å². The molecule has 0 aliphatic carbocycles. The fourth-order valence-electron chi connectivity index (χ4n) is 2.91. The number of nitrogens with one attached hydrogen (secondary N) is 1. The van der Waals surface area contributed by atoms with E-state index in [1.54, 1.807) is 23.9 Å². The predicted octanol–water partition coefficient (Wildman–Crippen LogP) is 2.64. The molecule has 1 aliphatic rings. The molecule has 0 radical (unpaired) electrons. The average Bonchev–Trinajstić information content (AvgIpc) is 2.67. The number of hydrogen-bond acceptors (Lipinski definition) is 5. The minimum Gasteiger partial charge on any atom is -0.369 e. The molecule has 1 fully saturated rings. The summed E-state index contributed by atoms with van der Waals surface area (Å²) in [6.45, 7) is 4.46. The van der Waals surface area contributed by atoms with Gasteiger partial charge in [-0.25, -0.2) is 13.1 Å². The fraction of sp³-hybridized carbons (Fsp3) is 0.368. The molecule has 0 amide bonds. The standard InChI is InChI=1S/C19H25N3O2S2/c1-21-11-13-22(14-12-21)17-5-3-16(4-6-17)15-20-26(23,24)19-9-7-18(25-2)8-10-19/h3-10,20H,11-15H2,1-2H3. The Morgan fingerprint density at radius 2 is 1.58 bits per heavy atom. The molecule has 1 aliphatic heterocycles. The van der Waals surface area contributed by atoms with Crippen LogP contribution in [0.3, 0.4) is 0 Å². The van der Waals surface area contributed by atoms with Crippen LogP contribution in [-0.2, 0) is 16.6 Å². The second-order valence-corrected chi connectivity index (χ2v) is 9.10. The number of piperazine rings is 1. The van der Waals surface area contributed by atoms with Crippen molar-refractivity contribution in [2.75, 3.05) is 44.4 Å². The highest BCUT2D eigenvalue weighted by Crippen LogP contribution is 2.19. The van der Waals surface area contributed by atoms with Gasteiger partial charge in [-0.2, -0.15) is 0 Å². The third kappa shape index (κ3) is 4.79. The Labute approximate surface area is 160 Å². The van der Waals surface area contributed by atoms with Crippen LogP contribution in [0.25, 0.3) is 0 Å². The predicted molar refractivity (Wildman–Crippen MR) is 108 cm³/mol. The van der Waals surface area contributed by atoms with Crippen molar-refractivity contribution >= 4 is 27.5 Å². The van der Waals surface area contributed by atoms with Gasteiger partial charge in [-0.05, 0) is 55.3 Å². The second-order valence-electron chi connectivity index (χ2n) is 6.46. The highest BCUT2D eigenvalue weighted by Gasteiger charge is 2.15. The van der Waals surface area contributed by atoms with E-state index < -0.39 is 10.0 Å². The quantitative estimate of drug-likeness (QED) is 0.767. The summed E-state index contributed by atoms with van der Waals surface area (Å²) in [5.74, 6) is 0. The maximum Gasteiger partial charge on any atom is 0.240 e. The summed E-state index contributed by atoms with van der Waals surface area (Å²) in [5, 5.41) is 0. The first-order chi connectivity index (χ1) is 12.5. The molecule has 1 N–H and O–H groups in total. The zero-order valence-electron chi connectivity index (χ0n) is 15.2. The van der Waals surface area contributed by atoms with E-state index in [0.717, 1.165) is 36.6 Å². The molecular formula is C19H25N3O2S2. The molecule has 140 valence electrons. The highest BCUT2D eigenvalue weighted by molar-refractivity contribution is 7.98. The molecule has 1 heterocycles. The van der Waals surface area contributed by atoms with Crippen molar-refractivity contribution in [1.82, 2.24) is 9.62 Å². The molecule has 2 aromatic carbocycles. The van der Waals surface area contributed by atoms with E-state index >= 15 is 0 Å². The summed E-state index contributed by atoms with van der Waals surface area (Å²) >= 11 is 1.59. The maximum atomic E-state index is 12.4. The zero-order chi connectivity index (χ0) is 18.6. The lowest BCUT2D eigenvalue weighted by molar-refractivity contribution is 0.313. The number of likely N-dealkylation sites (N-methyl/N-ethyl adjacent to an activating group) is 1. The van der Waals surface area contributed by atoms with E-state index in [1.807, 2.05) is 30.5 Å². The number of sulfonamides is 1. The monoisotopic (exact) mass is 391 g/mol. The van der Waals surface area contributed by atoms with Gasteiger partial charge in [0.25, 0.3) is 0 Å². The Balaban J connectivity index is 1.60. The number of rotatable bonds is 6. The van der Waals surface area contributed by atoms with Gasteiger partial charge in [0.05, 0.1) is 4.90 Å². The van der Waals surface area contributed by atoms with Gasteiger partial charge in [0.1, 0.15) is 0 Å². The molecular weight excluding hydrogens is 366 g/mol. The molecule has 0 aromatic heterocycles. The molecule has 0 spiro atoms. The van der Waals surface area contributed by atoms with E-state index in [-0.39, 0.29) is 6.54 Å². The van der Waals surface area contributed by atoms with Crippen LogP contribution in [-0.4, -0.2) is 52.8 Å². The highest BCUT2D eigenvalue weighted by atomic mass is 32.2. The Bertz CT molecular complexity index is 813. The van der Waals surface area contributed by atoms with Gasteiger partial charge in [0, 0.05) is 43.3 Å². The van der Waals surface area contributed by atoms with E-state index in [1.165, 1.54) is 5.69 Å². The smallest absolute Gasteiger partial charge is 0.240 e. The summed E-state index contributed by atoms with van der Waals surface area (Å²) in [6.07, 6.45) is 1.97. The maximum absolute atomic E-state index is 12.4.